The standard InChI is InChI=1S/C21H33FN2O/c1-21(2,22)16-25-20-9-8-18-11-14-24(15-12-19(18)23-20)13-10-17-6-4-3-5-7-17/h8-9,17H,3-7,10-16H2,1-2H3. The predicted octanol–water partition coefficient (Wildman–Crippen LogP) is 4.58. The van der Waals surface area contributed by atoms with E-state index in [1.165, 1.54) is 64.5 Å². The van der Waals surface area contributed by atoms with E-state index in [9.17, 15) is 4.39 Å². The summed E-state index contributed by atoms with van der Waals surface area (Å²) in [4.78, 5) is 7.24. The molecule has 0 bridgehead atoms. The highest BCUT2D eigenvalue weighted by Gasteiger charge is 2.20. The number of hydrogen-bond donors (Lipinski definition) is 0. The van der Waals surface area contributed by atoms with Gasteiger partial charge in [0.2, 0.25) is 5.88 Å². The minimum Gasteiger partial charge on any atom is -0.474 e. The molecule has 0 N–H and O–H groups in total. The first-order valence-corrected chi connectivity index (χ1v) is 10.0. The zero-order valence-electron chi connectivity index (χ0n) is 15.9. The number of ether oxygens (including phenoxy) is 1. The molecule has 3 rings (SSSR count). The van der Waals surface area contributed by atoms with Gasteiger partial charge in [-0.25, -0.2) is 9.37 Å². The van der Waals surface area contributed by atoms with Crippen LogP contribution in [0.25, 0.3) is 0 Å². The molecule has 25 heavy (non-hydrogen) atoms. The van der Waals surface area contributed by atoms with E-state index in [1.54, 1.807) is 0 Å². The summed E-state index contributed by atoms with van der Waals surface area (Å²) < 4.78 is 19.1. The van der Waals surface area contributed by atoms with E-state index < -0.39 is 5.67 Å². The molecular formula is C21H33FN2O. The summed E-state index contributed by atoms with van der Waals surface area (Å²) in [6.07, 6.45) is 10.5. The summed E-state index contributed by atoms with van der Waals surface area (Å²) in [5.41, 5.74) is 1.13. The lowest BCUT2D eigenvalue weighted by molar-refractivity contribution is 0.117. The van der Waals surface area contributed by atoms with Crippen LogP contribution in [0, 0.1) is 5.92 Å². The summed E-state index contributed by atoms with van der Waals surface area (Å²) in [6.45, 7) is 6.52. The number of hydrogen-bond acceptors (Lipinski definition) is 3. The highest BCUT2D eigenvalue weighted by atomic mass is 19.1. The van der Waals surface area contributed by atoms with Gasteiger partial charge in [0, 0.05) is 31.3 Å². The molecule has 1 aliphatic heterocycles. The van der Waals surface area contributed by atoms with Crippen LogP contribution in [0.4, 0.5) is 4.39 Å². The second-order valence-electron chi connectivity index (χ2n) is 8.40. The Balaban J connectivity index is 1.50. The Morgan fingerprint density at radius 1 is 1.16 bits per heavy atom. The molecule has 2 heterocycles. The van der Waals surface area contributed by atoms with Crippen molar-refractivity contribution in [1.82, 2.24) is 9.88 Å². The van der Waals surface area contributed by atoms with Crippen LogP contribution in [0.3, 0.4) is 0 Å². The van der Waals surface area contributed by atoms with Gasteiger partial charge in [0.25, 0.3) is 0 Å². The normalized spacial score (nSPS) is 20.1. The monoisotopic (exact) mass is 348 g/mol. The molecule has 0 atom stereocenters. The number of halogens is 1. The van der Waals surface area contributed by atoms with Crippen LogP contribution in [0.5, 0.6) is 5.88 Å². The van der Waals surface area contributed by atoms with E-state index in [0.29, 0.717) is 5.88 Å². The van der Waals surface area contributed by atoms with Crippen LogP contribution < -0.4 is 4.74 Å². The van der Waals surface area contributed by atoms with E-state index in [0.717, 1.165) is 37.5 Å². The van der Waals surface area contributed by atoms with Crippen LogP contribution in [0.15, 0.2) is 12.1 Å². The van der Waals surface area contributed by atoms with Crippen molar-refractivity contribution >= 4 is 0 Å². The Bertz CT molecular complexity index is 549. The fraction of sp³-hybridized carbons (Fsp3) is 0.762. The molecular weight excluding hydrogens is 315 g/mol. The fourth-order valence-electron chi connectivity index (χ4n) is 4.00. The molecule has 1 saturated carbocycles. The molecule has 1 aromatic heterocycles. The van der Waals surface area contributed by atoms with Crippen molar-refractivity contribution in [3.05, 3.63) is 23.4 Å². The molecule has 0 spiro atoms. The maximum absolute atomic E-state index is 13.6. The van der Waals surface area contributed by atoms with Gasteiger partial charge in [-0.1, -0.05) is 38.2 Å². The molecule has 4 heteroatoms. The first kappa shape index (κ1) is 18.6. The molecule has 0 radical (unpaired) electrons. The quantitative estimate of drug-likeness (QED) is 0.752. The van der Waals surface area contributed by atoms with E-state index in [-0.39, 0.29) is 6.61 Å². The summed E-state index contributed by atoms with van der Waals surface area (Å²) >= 11 is 0. The number of pyridine rings is 1. The second kappa shape index (κ2) is 8.48. The summed E-state index contributed by atoms with van der Waals surface area (Å²) in [6, 6.07) is 4.01. The highest BCUT2D eigenvalue weighted by Crippen LogP contribution is 2.27. The topological polar surface area (TPSA) is 25.4 Å². The van der Waals surface area contributed by atoms with E-state index >= 15 is 0 Å². The predicted molar refractivity (Wildman–Crippen MR) is 100.0 cm³/mol. The third kappa shape index (κ3) is 5.95. The van der Waals surface area contributed by atoms with Crippen LogP contribution in [0.1, 0.15) is 63.6 Å². The lowest BCUT2D eigenvalue weighted by atomic mass is 9.87. The van der Waals surface area contributed by atoms with Crippen LogP contribution in [-0.4, -0.2) is 41.8 Å². The Morgan fingerprint density at radius 2 is 1.92 bits per heavy atom. The third-order valence-corrected chi connectivity index (χ3v) is 5.55. The van der Waals surface area contributed by atoms with Crippen LogP contribution >= 0.6 is 0 Å². The maximum atomic E-state index is 13.6. The number of nitrogens with zero attached hydrogens (tertiary/aromatic N) is 2. The summed E-state index contributed by atoms with van der Waals surface area (Å²) in [5, 5.41) is 0. The van der Waals surface area contributed by atoms with E-state index in [2.05, 4.69) is 16.0 Å². The van der Waals surface area contributed by atoms with Gasteiger partial charge in [-0.15, -0.1) is 0 Å². The van der Waals surface area contributed by atoms with Gasteiger partial charge in [-0.2, -0.15) is 0 Å². The number of aromatic nitrogens is 1. The fourth-order valence-corrected chi connectivity index (χ4v) is 4.00. The minimum atomic E-state index is -1.33. The molecule has 140 valence electrons. The van der Waals surface area contributed by atoms with Crippen molar-refractivity contribution in [1.29, 1.82) is 0 Å². The van der Waals surface area contributed by atoms with Gasteiger partial charge in [-0.05, 0) is 44.7 Å². The molecule has 0 saturated heterocycles. The molecule has 0 amide bonds. The van der Waals surface area contributed by atoms with Gasteiger partial charge >= 0.3 is 0 Å². The Kier molecular flexibility index (Phi) is 6.32. The maximum Gasteiger partial charge on any atom is 0.213 e. The lowest BCUT2D eigenvalue weighted by Crippen LogP contribution is -2.29. The SMILES string of the molecule is CC(C)(F)COc1ccc2c(n1)CCN(CCC1CCCCC1)CC2. The van der Waals surface area contributed by atoms with Gasteiger partial charge in [0.15, 0.2) is 0 Å². The van der Waals surface area contributed by atoms with Crippen molar-refractivity contribution in [2.75, 3.05) is 26.2 Å². The van der Waals surface area contributed by atoms with Crippen molar-refractivity contribution in [2.45, 2.75) is 70.9 Å². The molecule has 1 fully saturated rings. The van der Waals surface area contributed by atoms with Gasteiger partial charge < -0.3 is 9.64 Å². The smallest absolute Gasteiger partial charge is 0.213 e. The van der Waals surface area contributed by atoms with E-state index in [1.807, 2.05) is 6.07 Å². The Morgan fingerprint density at radius 3 is 2.68 bits per heavy atom. The zero-order valence-corrected chi connectivity index (χ0v) is 15.9. The molecule has 0 unspecified atom stereocenters. The van der Waals surface area contributed by atoms with Gasteiger partial charge in [0.1, 0.15) is 12.3 Å². The van der Waals surface area contributed by atoms with Crippen molar-refractivity contribution in [3.8, 4) is 5.88 Å². The first-order chi connectivity index (χ1) is 12.0. The van der Waals surface area contributed by atoms with E-state index in [4.69, 9.17) is 4.74 Å². The molecule has 1 aromatic rings. The van der Waals surface area contributed by atoms with Crippen molar-refractivity contribution in [3.63, 3.8) is 0 Å². The average Bonchev–Trinajstić information content (AvgIpc) is 2.80. The van der Waals surface area contributed by atoms with Gasteiger partial charge in [-0.3, -0.25) is 0 Å². The minimum absolute atomic E-state index is 0.0479. The van der Waals surface area contributed by atoms with Crippen LogP contribution in [-0.2, 0) is 12.8 Å². The van der Waals surface area contributed by atoms with Gasteiger partial charge in [0.05, 0.1) is 0 Å². The highest BCUT2D eigenvalue weighted by molar-refractivity contribution is 5.27. The average molecular weight is 349 g/mol. The van der Waals surface area contributed by atoms with Crippen molar-refractivity contribution in [2.24, 2.45) is 5.92 Å². The molecule has 0 aromatic carbocycles. The number of fused-ring (bicyclic) bond motifs is 1. The summed E-state index contributed by atoms with van der Waals surface area (Å²) in [7, 11) is 0. The summed E-state index contributed by atoms with van der Waals surface area (Å²) in [5.74, 6) is 1.50. The first-order valence-electron chi connectivity index (χ1n) is 10.0. The Labute approximate surface area is 152 Å². The Hall–Kier alpha value is -1.16. The zero-order chi connectivity index (χ0) is 17.7. The second-order valence-corrected chi connectivity index (χ2v) is 8.40. The lowest BCUT2D eigenvalue weighted by Gasteiger charge is -2.26. The van der Waals surface area contributed by atoms with Crippen molar-refractivity contribution < 1.29 is 9.13 Å². The number of alkyl halides is 1. The molecule has 2 aliphatic rings. The largest absolute Gasteiger partial charge is 0.474 e. The third-order valence-electron chi connectivity index (χ3n) is 5.55. The number of rotatable bonds is 6. The molecule has 1 aliphatic carbocycles. The molecule has 3 nitrogen and oxygen atoms in total. The van der Waals surface area contributed by atoms with Crippen LogP contribution in [0.2, 0.25) is 0 Å².